The Kier molecular flexibility index (Phi) is 5.65. The molecule has 1 aromatic heterocycles. The number of benzene rings is 1. The molecule has 1 N–H and O–H groups in total. The lowest BCUT2D eigenvalue weighted by molar-refractivity contribution is -0.148. The molecule has 1 aliphatic heterocycles. The van der Waals surface area contributed by atoms with Crippen LogP contribution in [0.2, 0.25) is 0 Å². The van der Waals surface area contributed by atoms with Crippen LogP contribution in [0.3, 0.4) is 0 Å². The van der Waals surface area contributed by atoms with Gasteiger partial charge < -0.3 is 19.3 Å². The van der Waals surface area contributed by atoms with Gasteiger partial charge in [-0.25, -0.2) is 0 Å². The number of nitrogens with zero attached hydrogens (tertiary/aromatic N) is 2. The maximum absolute atomic E-state index is 11.7. The van der Waals surface area contributed by atoms with Crippen molar-refractivity contribution in [3.63, 3.8) is 0 Å². The predicted molar refractivity (Wildman–Crippen MR) is 110 cm³/mol. The van der Waals surface area contributed by atoms with Crippen LogP contribution in [0.4, 0.5) is 0 Å². The van der Waals surface area contributed by atoms with E-state index in [9.17, 15) is 5.11 Å². The summed E-state index contributed by atoms with van der Waals surface area (Å²) in [6.07, 6.45) is 6.85. The van der Waals surface area contributed by atoms with Gasteiger partial charge in [0.1, 0.15) is 0 Å². The zero-order valence-electron chi connectivity index (χ0n) is 17.4. The van der Waals surface area contributed by atoms with Gasteiger partial charge >= 0.3 is 0 Å². The molecule has 29 heavy (non-hydrogen) atoms. The largest absolute Gasteiger partial charge is 0.493 e. The highest BCUT2D eigenvalue weighted by Gasteiger charge is 2.51. The highest BCUT2D eigenvalue weighted by Crippen LogP contribution is 2.49. The van der Waals surface area contributed by atoms with E-state index in [1.165, 1.54) is 6.42 Å². The molecule has 4 rings (SSSR count). The molecule has 1 aromatic carbocycles. The summed E-state index contributed by atoms with van der Waals surface area (Å²) in [5, 5.41) is 11.7. The van der Waals surface area contributed by atoms with Crippen LogP contribution in [-0.4, -0.2) is 49.4 Å². The van der Waals surface area contributed by atoms with Crippen LogP contribution in [0.1, 0.15) is 30.4 Å². The van der Waals surface area contributed by atoms with Gasteiger partial charge in [-0.2, -0.15) is 0 Å². The van der Waals surface area contributed by atoms with Crippen molar-refractivity contribution in [1.29, 1.82) is 0 Å². The van der Waals surface area contributed by atoms with Gasteiger partial charge in [0.15, 0.2) is 11.5 Å². The summed E-state index contributed by atoms with van der Waals surface area (Å²) in [6, 6.07) is 7.97. The van der Waals surface area contributed by atoms with Crippen molar-refractivity contribution in [2.24, 2.45) is 11.8 Å². The average Bonchev–Trinajstić information content (AvgIpc) is 2.74. The minimum atomic E-state index is -0.779. The van der Waals surface area contributed by atoms with Crippen molar-refractivity contribution in [2.45, 2.75) is 31.4 Å². The maximum Gasteiger partial charge on any atom is 0.203 e. The molecule has 6 heteroatoms. The Labute approximate surface area is 172 Å². The Morgan fingerprint density at radius 2 is 1.72 bits per heavy atom. The van der Waals surface area contributed by atoms with Crippen LogP contribution in [0.15, 0.2) is 36.7 Å². The third-order valence-corrected chi connectivity index (χ3v) is 6.56. The van der Waals surface area contributed by atoms with Crippen molar-refractivity contribution in [3.05, 3.63) is 47.8 Å². The van der Waals surface area contributed by atoms with Crippen molar-refractivity contribution in [2.75, 3.05) is 34.4 Å². The van der Waals surface area contributed by atoms with Crippen LogP contribution < -0.4 is 14.2 Å². The SMILES string of the molecule is COc1cc(CN2C[C@H]3CCC[C@H](C2)C3(O)c2cccnc2)cc(OC)c1OC. The number of hydrogen-bond acceptors (Lipinski definition) is 6. The van der Waals surface area contributed by atoms with E-state index in [0.29, 0.717) is 17.2 Å². The minimum absolute atomic E-state index is 0.209. The second-order valence-electron chi connectivity index (χ2n) is 8.12. The first kappa shape index (κ1) is 20.0. The number of ether oxygens (including phenoxy) is 3. The van der Waals surface area contributed by atoms with Crippen molar-refractivity contribution >= 4 is 0 Å². The number of likely N-dealkylation sites (tertiary alicyclic amines) is 1. The molecule has 2 aliphatic rings. The smallest absolute Gasteiger partial charge is 0.203 e. The first-order valence-corrected chi connectivity index (χ1v) is 10.2. The van der Waals surface area contributed by atoms with Crippen molar-refractivity contribution in [1.82, 2.24) is 9.88 Å². The number of rotatable bonds is 6. The first-order chi connectivity index (χ1) is 14.1. The molecule has 0 spiro atoms. The second kappa shape index (κ2) is 8.20. The van der Waals surface area contributed by atoms with Gasteiger partial charge in [0.2, 0.25) is 5.75 Å². The number of methoxy groups -OCH3 is 3. The Balaban J connectivity index is 1.57. The number of aromatic nitrogens is 1. The van der Waals surface area contributed by atoms with Crippen LogP contribution in [0, 0.1) is 11.8 Å². The van der Waals surface area contributed by atoms with Gasteiger partial charge in [-0.15, -0.1) is 0 Å². The van der Waals surface area contributed by atoms with E-state index in [2.05, 4.69) is 9.88 Å². The summed E-state index contributed by atoms with van der Waals surface area (Å²) in [4.78, 5) is 6.70. The molecule has 2 atom stereocenters. The van der Waals surface area contributed by atoms with E-state index in [1.54, 1.807) is 27.5 Å². The lowest BCUT2D eigenvalue weighted by Crippen LogP contribution is -2.57. The van der Waals surface area contributed by atoms with E-state index >= 15 is 0 Å². The molecule has 6 nitrogen and oxygen atoms in total. The third kappa shape index (κ3) is 3.55. The fourth-order valence-electron chi connectivity index (χ4n) is 5.23. The monoisotopic (exact) mass is 398 g/mol. The summed E-state index contributed by atoms with van der Waals surface area (Å²) >= 11 is 0. The first-order valence-electron chi connectivity index (χ1n) is 10.2. The number of piperidine rings is 1. The topological polar surface area (TPSA) is 64.1 Å². The second-order valence-corrected chi connectivity index (χ2v) is 8.12. The van der Waals surface area contributed by atoms with E-state index in [-0.39, 0.29) is 11.8 Å². The van der Waals surface area contributed by atoms with E-state index in [1.807, 2.05) is 30.5 Å². The lowest BCUT2D eigenvalue weighted by atomic mass is 9.63. The van der Waals surface area contributed by atoms with Gasteiger partial charge in [-0.3, -0.25) is 9.88 Å². The molecule has 0 radical (unpaired) electrons. The number of hydrogen-bond donors (Lipinski definition) is 1. The summed E-state index contributed by atoms with van der Waals surface area (Å²) < 4.78 is 16.4. The molecule has 1 saturated carbocycles. The van der Waals surface area contributed by atoms with Crippen molar-refractivity contribution in [3.8, 4) is 17.2 Å². The van der Waals surface area contributed by atoms with Crippen LogP contribution >= 0.6 is 0 Å². The molecular formula is C23H30N2O4. The predicted octanol–water partition coefficient (Wildman–Crippen LogP) is 3.23. The number of pyridine rings is 1. The highest BCUT2D eigenvalue weighted by atomic mass is 16.5. The molecule has 0 unspecified atom stereocenters. The summed E-state index contributed by atoms with van der Waals surface area (Å²) in [5.41, 5.74) is 1.30. The van der Waals surface area contributed by atoms with E-state index < -0.39 is 5.60 Å². The zero-order chi connectivity index (χ0) is 20.4. The van der Waals surface area contributed by atoms with Gasteiger partial charge in [-0.05, 0) is 36.6 Å². The highest BCUT2D eigenvalue weighted by molar-refractivity contribution is 5.53. The van der Waals surface area contributed by atoms with Gasteiger partial charge in [-0.1, -0.05) is 12.5 Å². The van der Waals surface area contributed by atoms with Gasteiger partial charge in [0, 0.05) is 49.4 Å². The molecule has 1 saturated heterocycles. The van der Waals surface area contributed by atoms with Crippen molar-refractivity contribution < 1.29 is 19.3 Å². The Morgan fingerprint density at radius 3 is 2.24 bits per heavy atom. The molecule has 2 bridgehead atoms. The zero-order valence-corrected chi connectivity index (χ0v) is 17.4. The van der Waals surface area contributed by atoms with Crippen LogP contribution in [0.25, 0.3) is 0 Å². The molecule has 156 valence electrons. The molecular weight excluding hydrogens is 368 g/mol. The minimum Gasteiger partial charge on any atom is -0.493 e. The van der Waals surface area contributed by atoms with Gasteiger partial charge in [0.05, 0.1) is 26.9 Å². The van der Waals surface area contributed by atoms with Crippen LogP contribution in [-0.2, 0) is 12.1 Å². The molecule has 2 heterocycles. The quantitative estimate of drug-likeness (QED) is 0.806. The lowest BCUT2D eigenvalue weighted by Gasteiger charge is -2.53. The van der Waals surface area contributed by atoms with Crippen LogP contribution in [0.5, 0.6) is 17.2 Å². The van der Waals surface area contributed by atoms with E-state index in [4.69, 9.17) is 14.2 Å². The van der Waals surface area contributed by atoms with E-state index in [0.717, 1.165) is 43.6 Å². The normalized spacial score (nSPS) is 26.8. The molecule has 2 aromatic rings. The molecule has 0 amide bonds. The van der Waals surface area contributed by atoms with Gasteiger partial charge in [0.25, 0.3) is 0 Å². The maximum atomic E-state index is 11.7. The number of fused-ring (bicyclic) bond motifs is 2. The standard InChI is InChI=1S/C23H30N2O4/c1-27-20-10-16(11-21(28-2)22(20)29-3)13-25-14-18-6-4-7-19(15-25)23(18,26)17-8-5-9-24-12-17/h5,8-12,18-19,26H,4,6-7,13-15H2,1-3H3/t18-,19-/m1/s1. The Hall–Kier alpha value is -2.31. The number of aliphatic hydroxyl groups is 1. The molecule has 2 fully saturated rings. The third-order valence-electron chi connectivity index (χ3n) is 6.56. The summed E-state index contributed by atoms with van der Waals surface area (Å²) in [5.74, 6) is 2.37. The molecule has 1 aliphatic carbocycles. The Bertz CT molecular complexity index is 803. The summed E-state index contributed by atoms with van der Waals surface area (Å²) in [7, 11) is 4.89. The summed E-state index contributed by atoms with van der Waals surface area (Å²) in [6.45, 7) is 2.50. The Morgan fingerprint density at radius 1 is 1.07 bits per heavy atom. The fraction of sp³-hybridized carbons (Fsp3) is 0.522. The average molecular weight is 399 g/mol. The fourth-order valence-corrected chi connectivity index (χ4v) is 5.23.